The highest BCUT2D eigenvalue weighted by atomic mass is 16.7. The van der Waals surface area contributed by atoms with Gasteiger partial charge in [-0.2, -0.15) is 0 Å². The van der Waals surface area contributed by atoms with Crippen LogP contribution in [0.25, 0.3) is 0 Å². The zero-order chi connectivity index (χ0) is 7.68. The minimum Gasteiger partial charge on any atom is -0.353 e. The Bertz CT molecular complexity index is 136. The van der Waals surface area contributed by atoms with Gasteiger partial charge in [0.25, 0.3) is 0 Å². The third-order valence-electron chi connectivity index (χ3n) is 2.75. The summed E-state index contributed by atoms with van der Waals surface area (Å²) in [6.45, 7) is 2.91. The summed E-state index contributed by atoms with van der Waals surface area (Å²) in [6.07, 6.45) is 5.80. The molecule has 0 aromatic carbocycles. The van der Waals surface area contributed by atoms with Crippen LogP contribution in [0.15, 0.2) is 0 Å². The van der Waals surface area contributed by atoms with E-state index in [9.17, 15) is 0 Å². The minimum atomic E-state index is 0.0364. The van der Waals surface area contributed by atoms with Crippen molar-refractivity contribution in [2.45, 2.75) is 45.0 Å². The van der Waals surface area contributed by atoms with Crippen LogP contribution >= 0.6 is 0 Å². The van der Waals surface area contributed by atoms with Gasteiger partial charge in [0.2, 0.25) is 0 Å². The standard InChI is InChI=1S/C9H16O2/c1-7-10-6-8-4-2-3-5-9(8)11-7/h7-9H,2-6H2,1H3/t7-,8+,9+/m0/s1. The van der Waals surface area contributed by atoms with Gasteiger partial charge in [0.15, 0.2) is 6.29 Å². The summed E-state index contributed by atoms with van der Waals surface area (Å²) >= 11 is 0. The van der Waals surface area contributed by atoms with Crippen molar-refractivity contribution < 1.29 is 9.47 Å². The molecule has 2 aliphatic rings. The first kappa shape index (κ1) is 7.56. The Labute approximate surface area is 67.9 Å². The van der Waals surface area contributed by atoms with Gasteiger partial charge >= 0.3 is 0 Å². The van der Waals surface area contributed by atoms with Gasteiger partial charge in [-0.3, -0.25) is 0 Å². The third-order valence-corrected chi connectivity index (χ3v) is 2.75. The van der Waals surface area contributed by atoms with Crippen molar-refractivity contribution in [2.24, 2.45) is 5.92 Å². The zero-order valence-corrected chi connectivity index (χ0v) is 7.08. The van der Waals surface area contributed by atoms with E-state index >= 15 is 0 Å². The summed E-state index contributed by atoms with van der Waals surface area (Å²) in [5.41, 5.74) is 0. The Balaban J connectivity index is 1.93. The van der Waals surface area contributed by atoms with Crippen molar-refractivity contribution >= 4 is 0 Å². The van der Waals surface area contributed by atoms with E-state index in [-0.39, 0.29) is 6.29 Å². The molecule has 0 N–H and O–H groups in total. The molecule has 1 heterocycles. The average Bonchev–Trinajstić information content (AvgIpc) is 2.04. The second-order valence-electron chi connectivity index (χ2n) is 3.62. The monoisotopic (exact) mass is 156 g/mol. The van der Waals surface area contributed by atoms with Crippen molar-refractivity contribution in [1.82, 2.24) is 0 Å². The van der Waals surface area contributed by atoms with Crippen LogP contribution < -0.4 is 0 Å². The maximum atomic E-state index is 5.67. The molecular weight excluding hydrogens is 140 g/mol. The molecule has 2 nitrogen and oxygen atoms in total. The smallest absolute Gasteiger partial charge is 0.155 e. The van der Waals surface area contributed by atoms with Crippen LogP contribution in [-0.4, -0.2) is 19.0 Å². The molecule has 2 rings (SSSR count). The number of hydrogen-bond acceptors (Lipinski definition) is 2. The van der Waals surface area contributed by atoms with Gasteiger partial charge in [-0.05, 0) is 19.8 Å². The van der Waals surface area contributed by atoms with Crippen LogP contribution in [0.2, 0.25) is 0 Å². The van der Waals surface area contributed by atoms with Crippen molar-refractivity contribution in [2.75, 3.05) is 6.61 Å². The molecule has 11 heavy (non-hydrogen) atoms. The van der Waals surface area contributed by atoms with Gasteiger partial charge in [-0.1, -0.05) is 12.8 Å². The molecule has 0 aromatic heterocycles. The SMILES string of the molecule is C[C@H]1OC[C@H]2CCCC[C@H]2O1. The van der Waals surface area contributed by atoms with Crippen LogP contribution in [0.3, 0.4) is 0 Å². The van der Waals surface area contributed by atoms with Gasteiger partial charge in [-0.25, -0.2) is 0 Å². The number of ether oxygens (including phenoxy) is 2. The molecule has 1 saturated heterocycles. The van der Waals surface area contributed by atoms with Crippen LogP contribution in [-0.2, 0) is 9.47 Å². The van der Waals surface area contributed by atoms with E-state index in [1.165, 1.54) is 25.7 Å². The molecule has 2 heteroatoms. The first-order valence-corrected chi connectivity index (χ1v) is 4.63. The summed E-state index contributed by atoms with van der Waals surface area (Å²) < 4.78 is 11.1. The molecule has 0 bridgehead atoms. The van der Waals surface area contributed by atoms with Crippen molar-refractivity contribution in [3.63, 3.8) is 0 Å². The van der Waals surface area contributed by atoms with Gasteiger partial charge < -0.3 is 9.47 Å². The summed E-state index contributed by atoms with van der Waals surface area (Å²) in [6, 6.07) is 0. The van der Waals surface area contributed by atoms with E-state index < -0.39 is 0 Å². The fourth-order valence-corrected chi connectivity index (χ4v) is 2.09. The lowest BCUT2D eigenvalue weighted by Crippen LogP contribution is -2.40. The highest BCUT2D eigenvalue weighted by Crippen LogP contribution is 2.31. The van der Waals surface area contributed by atoms with E-state index in [0.717, 1.165) is 6.61 Å². The normalized spacial score (nSPS) is 45.0. The molecule has 0 unspecified atom stereocenters. The molecule has 1 aliphatic heterocycles. The van der Waals surface area contributed by atoms with Crippen LogP contribution in [0.5, 0.6) is 0 Å². The predicted molar refractivity (Wildman–Crippen MR) is 42.2 cm³/mol. The van der Waals surface area contributed by atoms with Gasteiger partial charge in [-0.15, -0.1) is 0 Å². The molecule has 2 fully saturated rings. The summed E-state index contributed by atoms with van der Waals surface area (Å²) in [4.78, 5) is 0. The van der Waals surface area contributed by atoms with Gasteiger partial charge in [0, 0.05) is 5.92 Å². The molecular formula is C9H16O2. The van der Waals surface area contributed by atoms with E-state index in [1.54, 1.807) is 0 Å². The van der Waals surface area contributed by atoms with E-state index in [2.05, 4.69) is 0 Å². The van der Waals surface area contributed by atoms with Crippen molar-refractivity contribution in [3.8, 4) is 0 Å². The fraction of sp³-hybridized carbons (Fsp3) is 1.00. The number of hydrogen-bond donors (Lipinski definition) is 0. The molecule has 0 spiro atoms. The Morgan fingerprint density at radius 3 is 2.91 bits per heavy atom. The Morgan fingerprint density at radius 2 is 2.00 bits per heavy atom. The lowest BCUT2D eigenvalue weighted by molar-refractivity contribution is -0.234. The Morgan fingerprint density at radius 1 is 1.18 bits per heavy atom. The second kappa shape index (κ2) is 3.11. The highest BCUT2D eigenvalue weighted by molar-refractivity contribution is 4.78. The summed E-state index contributed by atoms with van der Waals surface area (Å²) in [7, 11) is 0. The molecule has 0 radical (unpaired) electrons. The fourth-order valence-electron chi connectivity index (χ4n) is 2.09. The van der Waals surface area contributed by atoms with E-state index in [0.29, 0.717) is 12.0 Å². The molecule has 1 aliphatic carbocycles. The third kappa shape index (κ3) is 1.57. The largest absolute Gasteiger partial charge is 0.353 e. The Hall–Kier alpha value is -0.0800. The number of fused-ring (bicyclic) bond motifs is 1. The zero-order valence-electron chi connectivity index (χ0n) is 7.08. The van der Waals surface area contributed by atoms with Crippen LogP contribution in [0.4, 0.5) is 0 Å². The molecule has 1 saturated carbocycles. The van der Waals surface area contributed by atoms with Gasteiger partial charge in [0.05, 0.1) is 12.7 Å². The predicted octanol–water partition coefficient (Wildman–Crippen LogP) is 1.94. The first-order valence-electron chi connectivity index (χ1n) is 4.63. The van der Waals surface area contributed by atoms with Crippen molar-refractivity contribution in [1.29, 1.82) is 0 Å². The van der Waals surface area contributed by atoms with Gasteiger partial charge in [0.1, 0.15) is 0 Å². The minimum absolute atomic E-state index is 0.0364. The molecule has 0 aromatic rings. The Kier molecular flexibility index (Phi) is 2.14. The first-order chi connectivity index (χ1) is 5.36. The second-order valence-corrected chi connectivity index (χ2v) is 3.62. The molecule has 0 amide bonds. The lowest BCUT2D eigenvalue weighted by Gasteiger charge is -2.38. The van der Waals surface area contributed by atoms with Crippen LogP contribution in [0, 0.1) is 5.92 Å². The maximum Gasteiger partial charge on any atom is 0.155 e. The quantitative estimate of drug-likeness (QED) is 0.533. The summed E-state index contributed by atoms with van der Waals surface area (Å²) in [5, 5.41) is 0. The lowest BCUT2D eigenvalue weighted by atomic mass is 9.86. The van der Waals surface area contributed by atoms with Crippen molar-refractivity contribution in [3.05, 3.63) is 0 Å². The van der Waals surface area contributed by atoms with E-state index in [1.807, 2.05) is 6.92 Å². The summed E-state index contributed by atoms with van der Waals surface area (Å²) in [5.74, 6) is 0.694. The topological polar surface area (TPSA) is 18.5 Å². The van der Waals surface area contributed by atoms with E-state index in [4.69, 9.17) is 9.47 Å². The molecule has 64 valence electrons. The molecule has 3 atom stereocenters. The van der Waals surface area contributed by atoms with Crippen LogP contribution in [0.1, 0.15) is 32.6 Å². The highest BCUT2D eigenvalue weighted by Gasteiger charge is 2.31. The number of rotatable bonds is 0. The average molecular weight is 156 g/mol. The maximum absolute atomic E-state index is 5.67.